The molecule has 0 aromatic heterocycles. The molecular formula is C43H34N4O7. The van der Waals surface area contributed by atoms with Crippen LogP contribution in [0.2, 0.25) is 0 Å². The number of nitrogens with one attached hydrogen (secondary N) is 1. The molecule has 268 valence electrons. The van der Waals surface area contributed by atoms with Gasteiger partial charge in [0.2, 0.25) is 11.8 Å². The number of carbonyl (C=O) groups is 4. The fourth-order valence-corrected chi connectivity index (χ4v) is 9.63. The summed E-state index contributed by atoms with van der Waals surface area (Å²) in [6.07, 6.45) is 2.33. The number of hydrogen-bond donors (Lipinski definition) is 2. The minimum atomic E-state index is -1.46. The summed E-state index contributed by atoms with van der Waals surface area (Å²) in [7, 11) is 0. The van der Waals surface area contributed by atoms with Gasteiger partial charge in [-0.05, 0) is 72.5 Å². The molecule has 0 unspecified atom stereocenters. The number of aryl methyl sites for hydroxylation is 1. The number of aromatic hydroxyl groups is 1. The molecule has 4 amide bonds. The highest BCUT2D eigenvalue weighted by atomic mass is 16.6. The standard InChI is InChI=1S/C43H34N4O7/c1-24-11-13-26(14-12-24)44-46-40(50)35-23-34-32(19-20-33-37(34)41(51)45(39(33)49)27-15-17-28(18-16-27)47(53)54)38(43(35,42(46)52)25-7-3-2-4-8-25)31-21-22-36(48)30-10-6-5-9-29(30)31/h2-19,21-22,33-35,37-38,44,48H,20,23H2,1H3/t33-,34+,35-,37-,38-,43+/m0/s1. The normalized spacial score (nSPS) is 26.0. The number of imide groups is 2. The van der Waals surface area contributed by atoms with Crippen molar-refractivity contribution >= 4 is 51.5 Å². The average Bonchev–Trinajstić information content (AvgIpc) is 3.57. The predicted octanol–water partition coefficient (Wildman–Crippen LogP) is 6.95. The first-order chi connectivity index (χ1) is 26.1. The molecular weight excluding hydrogens is 684 g/mol. The van der Waals surface area contributed by atoms with Crippen LogP contribution in [0.4, 0.5) is 17.1 Å². The number of nitro groups is 1. The predicted molar refractivity (Wildman–Crippen MR) is 200 cm³/mol. The molecule has 5 aromatic rings. The van der Waals surface area contributed by atoms with Crippen LogP contribution in [0.5, 0.6) is 5.75 Å². The molecule has 9 rings (SSSR count). The molecule has 2 aliphatic carbocycles. The first-order valence-electron chi connectivity index (χ1n) is 17.9. The number of nitro benzene ring substituents is 1. The van der Waals surface area contributed by atoms with Crippen molar-refractivity contribution in [1.29, 1.82) is 0 Å². The second-order valence-electron chi connectivity index (χ2n) is 14.6. The topological polar surface area (TPSA) is 150 Å². The Hall–Kier alpha value is -6.62. The molecule has 5 aromatic carbocycles. The van der Waals surface area contributed by atoms with E-state index in [1.165, 1.54) is 24.3 Å². The van der Waals surface area contributed by atoms with Gasteiger partial charge < -0.3 is 5.11 Å². The van der Waals surface area contributed by atoms with E-state index in [2.05, 4.69) is 5.43 Å². The number of nitrogens with zero attached hydrogens (tertiary/aromatic N) is 3. The fourth-order valence-electron chi connectivity index (χ4n) is 9.63. The molecule has 4 aliphatic rings. The van der Waals surface area contributed by atoms with Gasteiger partial charge in [-0.15, -0.1) is 0 Å². The van der Waals surface area contributed by atoms with E-state index in [9.17, 15) is 29.6 Å². The van der Waals surface area contributed by atoms with Crippen molar-refractivity contribution in [2.75, 3.05) is 10.3 Å². The van der Waals surface area contributed by atoms with Crippen LogP contribution in [0.3, 0.4) is 0 Å². The van der Waals surface area contributed by atoms with Crippen LogP contribution < -0.4 is 10.3 Å². The van der Waals surface area contributed by atoms with Gasteiger partial charge in [-0.1, -0.05) is 90.0 Å². The smallest absolute Gasteiger partial charge is 0.269 e. The van der Waals surface area contributed by atoms with Crippen molar-refractivity contribution in [3.63, 3.8) is 0 Å². The van der Waals surface area contributed by atoms with E-state index < -0.39 is 63.6 Å². The third kappa shape index (κ3) is 4.67. The summed E-state index contributed by atoms with van der Waals surface area (Å²) in [5.41, 5.74) is 5.45. The van der Waals surface area contributed by atoms with Gasteiger partial charge in [0.25, 0.3) is 17.5 Å². The minimum absolute atomic E-state index is 0.0662. The highest BCUT2D eigenvalue weighted by Gasteiger charge is 2.70. The van der Waals surface area contributed by atoms with Crippen LogP contribution >= 0.6 is 0 Å². The Morgan fingerprint density at radius 1 is 0.778 bits per heavy atom. The molecule has 3 fully saturated rings. The van der Waals surface area contributed by atoms with E-state index >= 15 is 4.79 Å². The molecule has 54 heavy (non-hydrogen) atoms. The van der Waals surface area contributed by atoms with Crippen molar-refractivity contribution in [3.8, 4) is 5.75 Å². The maximum Gasteiger partial charge on any atom is 0.269 e. The number of allylic oxidation sites excluding steroid dienone is 2. The number of non-ortho nitro benzene ring substituents is 1. The lowest BCUT2D eigenvalue weighted by atomic mass is 9.49. The first kappa shape index (κ1) is 33.2. The molecule has 11 nitrogen and oxygen atoms in total. The van der Waals surface area contributed by atoms with E-state index in [1.807, 2.05) is 73.7 Å². The lowest BCUT2D eigenvalue weighted by Gasteiger charge is -2.51. The van der Waals surface area contributed by atoms with Gasteiger partial charge in [-0.25, -0.2) is 0 Å². The van der Waals surface area contributed by atoms with E-state index in [0.29, 0.717) is 27.6 Å². The second-order valence-corrected chi connectivity index (χ2v) is 14.6. The summed E-state index contributed by atoms with van der Waals surface area (Å²) in [6.45, 7) is 1.95. The van der Waals surface area contributed by atoms with Gasteiger partial charge in [0.15, 0.2) is 0 Å². The second kappa shape index (κ2) is 12.2. The number of carbonyl (C=O) groups excluding carboxylic acids is 4. The zero-order chi connectivity index (χ0) is 37.5. The number of rotatable bonds is 6. The number of anilines is 2. The highest BCUT2D eigenvalue weighted by molar-refractivity contribution is 6.22. The van der Waals surface area contributed by atoms with Crippen molar-refractivity contribution in [2.45, 2.75) is 31.1 Å². The molecule has 6 atom stereocenters. The first-order valence-corrected chi connectivity index (χ1v) is 17.9. The quantitative estimate of drug-likeness (QED) is 0.0829. The zero-order valence-electron chi connectivity index (χ0n) is 29.1. The van der Waals surface area contributed by atoms with Gasteiger partial charge in [-0.2, -0.15) is 5.01 Å². The molecule has 0 bridgehead atoms. The number of hydrazine groups is 1. The van der Waals surface area contributed by atoms with Crippen molar-refractivity contribution in [2.24, 2.45) is 23.7 Å². The average molecular weight is 719 g/mol. The maximum atomic E-state index is 15.5. The highest BCUT2D eigenvalue weighted by Crippen LogP contribution is 2.65. The zero-order valence-corrected chi connectivity index (χ0v) is 29.1. The van der Waals surface area contributed by atoms with E-state index in [-0.39, 0.29) is 30.0 Å². The van der Waals surface area contributed by atoms with Gasteiger partial charge in [-0.3, -0.25) is 39.6 Å². The van der Waals surface area contributed by atoms with Gasteiger partial charge >= 0.3 is 0 Å². The molecule has 0 spiro atoms. The Kier molecular flexibility index (Phi) is 7.53. The Morgan fingerprint density at radius 2 is 1.46 bits per heavy atom. The fraction of sp³-hybridized carbons (Fsp3) is 0.209. The molecule has 11 heteroatoms. The lowest BCUT2D eigenvalue weighted by molar-refractivity contribution is -0.384. The lowest BCUT2D eigenvalue weighted by Crippen LogP contribution is -2.53. The van der Waals surface area contributed by atoms with Crippen molar-refractivity contribution in [3.05, 3.63) is 154 Å². The number of benzene rings is 5. The van der Waals surface area contributed by atoms with Gasteiger partial charge in [0.1, 0.15) is 5.75 Å². The van der Waals surface area contributed by atoms with Crippen LogP contribution in [0, 0.1) is 40.7 Å². The van der Waals surface area contributed by atoms with Crippen molar-refractivity contribution in [1.82, 2.24) is 5.01 Å². The summed E-state index contributed by atoms with van der Waals surface area (Å²) in [5.74, 6) is -5.54. The summed E-state index contributed by atoms with van der Waals surface area (Å²) < 4.78 is 0. The van der Waals surface area contributed by atoms with Crippen LogP contribution in [-0.2, 0) is 24.6 Å². The SMILES string of the molecule is Cc1ccc(NN2C(=O)[C@@H]3C[C@@H]4C(=CC[C@@H]5C(=O)N(c6ccc([N+](=O)[O-])cc6)C(=O)[C@@H]54)[C@H](c4ccc(O)c5ccccc45)[C@]3(c3ccccc3)C2=O)cc1. The van der Waals surface area contributed by atoms with Gasteiger partial charge in [0, 0.05) is 23.4 Å². The minimum Gasteiger partial charge on any atom is -0.507 e. The van der Waals surface area contributed by atoms with Crippen molar-refractivity contribution < 1.29 is 29.2 Å². The molecule has 1 saturated carbocycles. The number of fused-ring (bicyclic) bond motifs is 5. The Labute approximate surface area is 309 Å². The molecule has 2 saturated heterocycles. The number of phenols is 1. The third-order valence-corrected chi connectivity index (χ3v) is 12.0. The van der Waals surface area contributed by atoms with Gasteiger partial charge in [0.05, 0.1) is 39.5 Å². The van der Waals surface area contributed by atoms with Crippen LogP contribution in [0.25, 0.3) is 10.8 Å². The van der Waals surface area contributed by atoms with Crippen LogP contribution in [-0.4, -0.2) is 38.7 Å². The Balaban J connectivity index is 1.25. The Bertz CT molecular complexity index is 2450. The Morgan fingerprint density at radius 3 is 2.17 bits per heavy atom. The van der Waals surface area contributed by atoms with Crippen LogP contribution in [0.15, 0.2) is 127 Å². The van der Waals surface area contributed by atoms with E-state index in [0.717, 1.165) is 21.0 Å². The maximum absolute atomic E-state index is 15.5. The summed E-state index contributed by atoms with van der Waals surface area (Å²) >= 11 is 0. The number of hydrogen-bond acceptors (Lipinski definition) is 8. The summed E-state index contributed by atoms with van der Waals surface area (Å²) in [6, 6.07) is 32.8. The molecule has 2 heterocycles. The largest absolute Gasteiger partial charge is 0.507 e. The van der Waals surface area contributed by atoms with Crippen LogP contribution in [0.1, 0.15) is 35.4 Å². The van der Waals surface area contributed by atoms with E-state index in [1.54, 1.807) is 30.3 Å². The third-order valence-electron chi connectivity index (χ3n) is 12.0. The number of phenolic OH excluding ortho intramolecular Hbond substituents is 1. The van der Waals surface area contributed by atoms with E-state index in [4.69, 9.17) is 0 Å². The molecule has 0 radical (unpaired) electrons. The monoisotopic (exact) mass is 718 g/mol. The molecule has 2 N–H and O–H groups in total. The summed E-state index contributed by atoms with van der Waals surface area (Å²) in [4.78, 5) is 71.0. The number of amides is 4. The molecule has 2 aliphatic heterocycles. The summed E-state index contributed by atoms with van der Waals surface area (Å²) in [5, 5.41) is 24.8.